The van der Waals surface area contributed by atoms with Crippen LogP contribution in [0.1, 0.15) is 6.92 Å². The minimum Gasteiger partial charge on any atom is -0.451 e. The number of nitrogens with one attached hydrogen (secondary N) is 1. The molecule has 0 saturated carbocycles. The number of rotatable bonds is 6. The van der Waals surface area contributed by atoms with E-state index in [-0.39, 0.29) is 6.54 Å². The van der Waals surface area contributed by atoms with Gasteiger partial charge in [0.25, 0.3) is 5.91 Å². The summed E-state index contributed by atoms with van der Waals surface area (Å²) in [6, 6.07) is 4.96. The molecule has 1 atom stereocenters. The zero-order valence-corrected chi connectivity index (χ0v) is 14.7. The van der Waals surface area contributed by atoms with Crippen LogP contribution in [0.3, 0.4) is 0 Å². The van der Waals surface area contributed by atoms with Crippen LogP contribution in [-0.2, 0) is 20.9 Å². The second-order valence-electron chi connectivity index (χ2n) is 5.37. The highest BCUT2D eigenvalue weighted by Gasteiger charge is 2.21. The summed E-state index contributed by atoms with van der Waals surface area (Å²) in [7, 11) is 0. The Morgan fingerprint density at radius 3 is 2.70 bits per heavy atom. The standard InChI is InChI=1S/C16H13F2N5O3S/c1-9(16(25)19-14-11(17)3-2-4-12(14)18)26-13(24)7-23-21-15(20-22-23)10-5-6-27-8-10/h2-6,8-9H,7H2,1H3,(H,19,25)/t9-/m0/s1. The van der Waals surface area contributed by atoms with Crippen molar-refractivity contribution in [3.63, 3.8) is 0 Å². The number of hydrogen-bond donors (Lipinski definition) is 1. The van der Waals surface area contributed by atoms with Gasteiger partial charge in [0.15, 0.2) is 12.6 Å². The van der Waals surface area contributed by atoms with Crippen LogP contribution in [-0.4, -0.2) is 38.2 Å². The molecule has 0 aliphatic heterocycles. The van der Waals surface area contributed by atoms with Gasteiger partial charge in [-0.1, -0.05) is 6.07 Å². The van der Waals surface area contributed by atoms with Crippen molar-refractivity contribution < 1.29 is 23.1 Å². The second kappa shape index (κ2) is 7.99. The topological polar surface area (TPSA) is 99.0 Å². The molecule has 11 heteroatoms. The molecule has 0 aliphatic carbocycles. The molecule has 3 rings (SSSR count). The molecule has 3 aromatic rings. The number of ether oxygens (including phenoxy) is 1. The third-order valence-electron chi connectivity index (χ3n) is 3.39. The van der Waals surface area contributed by atoms with E-state index in [2.05, 4.69) is 20.7 Å². The van der Waals surface area contributed by atoms with Crippen molar-refractivity contribution in [2.45, 2.75) is 19.6 Å². The first-order valence-electron chi connectivity index (χ1n) is 7.69. The smallest absolute Gasteiger partial charge is 0.330 e. The van der Waals surface area contributed by atoms with Crippen molar-refractivity contribution in [3.05, 3.63) is 46.7 Å². The first-order valence-corrected chi connectivity index (χ1v) is 8.63. The number of aromatic nitrogens is 4. The molecule has 2 heterocycles. The van der Waals surface area contributed by atoms with Gasteiger partial charge in [-0.25, -0.2) is 13.6 Å². The number of carbonyl (C=O) groups is 2. The van der Waals surface area contributed by atoms with Crippen LogP contribution < -0.4 is 5.32 Å². The Balaban J connectivity index is 1.56. The van der Waals surface area contributed by atoms with Gasteiger partial charge in [-0.3, -0.25) is 4.79 Å². The van der Waals surface area contributed by atoms with Crippen molar-refractivity contribution in [2.75, 3.05) is 5.32 Å². The summed E-state index contributed by atoms with van der Waals surface area (Å²) in [6.45, 7) is 0.903. The van der Waals surface area contributed by atoms with Crippen molar-refractivity contribution in [2.24, 2.45) is 0 Å². The minimum absolute atomic E-state index is 0.352. The normalized spacial score (nSPS) is 11.8. The van der Waals surface area contributed by atoms with E-state index >= 15 is 0 Å². The number of esters is 1. The Morgan fingerprint density at radius 1 is 1.30 bits per heavy atom. The predicted molar refractivity (Wildman–Crippen MR) is 91.7 cm³/mol. The Hall–Kier alpha value is -3.21. The van der Waals surface area contributed by atoms with Crippen LogP contribution >= 0.6 is 11.3 Å². The fourth-order valence-corrected chi connectivity index (χ4v) is 2.70. The van der Waals surface area contributed by atoms with Crippen LogP contribution in [0, 0.1) is 11.6 Å². The van der Waals surface area contributed by atoms with Crippen LogP contribution in [0.5, 0.6) is 0 Å². The van der Waals surface area contributed by atoms with Crippen molar-refractivity contribution in [3.8, 4) is 11.4 Å². The number of amides is 1. The van der Waals surface area contributed by atoms with Crippen molar-refractivity contribution in [1.82, 2.24) is 20.2 Å². The van der Waals surface area contributed by atoms with Gasteiger partial charge in [-0.15, -0.1) is 10.2 Å². The van der Waals surface area contributed by atoms with E-state index in [1.807, 2.05) is 10.8 Å². The first kappa shape index (κ1) is 18.6. The average molecular weight is 393 g/mol. The Morgan fingerprint density at radius 2 is 2.04 bits per heavy atom. The van der Waals surface area contributed by atoms with E-state index in [1.54, 1.807) is 6.07 Å². The number of anilines is 1. The van der Waals surface area contributed by atoms with Crippen molar-refractivity contribution in [1.29, 1.82) is 0 Å². The quantitative estimate of drug-likeness (QED) is 0.645. The lowest BCUT2D eigenvalue weighted by molar-refractivity contribution is -0.154. The van der Waals surface area contributed by atoms with E-state index in [4.69, 9.17) is 4.74 Å². The summed E-state index contributed by atoms with van der Waals surface area (Å²) in [5, 5.41) is 17.3. The molecule has 0 saturated heterocycles. The van der Waals surface area contributed by atoms with E-state index in [0.29, 0.717) is 5.82 Å². The number of carbonyl (C=O) groups excluding carboxylic acids is 2. The third kappa shape index (κ3) is 4.50. The second-order valence-corrected chi connectivity index (χ2v) is 6.15. The molecule has 1 N–H and O–H groups in total. The van der Waals surface area contributed by atoms with Gasteiger partial charge in [0.1, 0.15) is 17.3 Å². The largest absolute Gasteiger partial charge is 0.451 e. The van der Waals surface area contributed by atoms with E-state index in [9.17, 15) is 18.4 Å². The van der Waals surface area contributed by atoms with Crippen LogP contribution in [0.15, 0.2) is 35.0 Å². The lowest BCUT2D eigenvalue weighted by atomic mass is 10.2. The van der Waals surface area contributed by atoms with Gasteiger partial charge in [0, 0.05) is 10.9 Å². The van der Waals surface area contributed by atoms with Gasteiger partial charge in [-0.2, -0.15) is 16.1 Å². The molecule has 0 spiro atoms. The highest BCUT2D eigenvalue weighted by Crippen LogP contribution is 2.18. The third-order valence-corrected chi connectivity index (χ3v) is 4.07. The molecular formula is C16H13F2N5O3S. The molecule has 0 unspecified atom stereocenters. The maximum Gasteiger partial charge on any atom is 0.330 e. The molecule has 140 valence electrons. The molecule has 0 aliphatic rings. The summed E-state index contributed by atoms with van der Waals surface area (Å²) < 4.78 is 32.1. The van der Waals surface area contributed by atoms with Gasteiger partial charge in [-0.05, 0) is 35.7 Å². The molecule has 0 fully saturated rings. The minimum atomic E-state index is -1.28. The lowest BCUT2D eigenvalue weighted by Crippen LogP contribution is -2.32. The van der Waals surface area contributed by atoms with Crippen molar-refractivity contribution >= 4 is 28.9 Å². The SMILES string of the molecule is C[C@H](OC(=O)Cn1nnc(-c2ccsc2)n1)C(=O)Nc1c(F)cccc1F. The predicted octanol–water partition coefficient (Wildman–Crippen LogP) is 2.25. The molecule has 1 amide bonds. The van der Waals surface area contributed by atoms with Gasteiger partial charge in [0.05, 0.1) is 0 Å². The zero-order valence-electron chi connectivity index (χ0n) is 13.9. The van der Waals surface area contributed by atoms with Crippen LogP contribution in [0.2, 0.25) is 0 Å². The highest BCUT2D eigenvalue weighted by atomic mass is 32.1. The molecule has 0 radical (unpaired) electrons. The maximum absolute atomic E-state index is 13.6. The summed E-state index contributed by atoms with van der Waals surface area (Å²) in [5.74, 6) is -3.20. The average Bonchev–Trinajstić information content (AvgIpc) is 3.29. The van der Waals surface area contributed by atoms with Gasteiger partial charge >= 0.3 is 5.97 Å². The Labute approximate surface area is 155 Å². The monoisotopic (exact) mass is 393 g/mol. The number of thiophene rings is 1. The summed E-state index contributed by atoms with van der Waals surface area (Å²) in [6.07, 6.45) is -1.28. The summed E-state index contributed by atoms with van der Waals surface area (Å²) in [4.78, 5) is 25.0. The molecule has 0 bridgehead atoms. The van der Waals surface area contributed by atoms with E-state index in [1.165, 1.54) is 24.3 Å². The number of para-hydroxylation sites is 1. The van der Waals surface area contributed by atoms with E-state index in [0.717, 1.165) is 22.5 Å². The summed E-state index contributed by atoms with van der Waals surface area (Å²) in [5.41, 5.74) is 0.156. The Kier molecular flexibility index (Phi) is 5.50. The Bertz CT molecular complexity index is 941. The molecular weight excluding hydrogens is 380 g/mol. The molecule has 1 aromatic carbocycles. The maximum atomic E-state index is 13.6. The number of benzene rings is 1. The zero-order chi connectivity index (χ0) is 19.4. The van der Waals surface area contributed by atoms with Gasteiger partial charge in [0.2, 0.25) is 5.82 Å². The molecule has 27 heavy (non-hydrogen) atoms. The fourth-order valence-electron chi connectivity index (χ4n) is 2.06. The van der Waals surface area contributed by atoms with Crippen LogP contribution in [0.25, 0.3) is 11.4 Å². The first-order chi connectivity index (χ1) is 12.9. The number of nitrogens with zero attached hydrogens (tertiary/aromatic N) is 4. The molecule has 8 nitrogen and oxygen atoms in total. The number of halogens is 2. The van der Waals surface area contributed by atoms with Crippen LogP contribution in [0.4, 0.5) is 14.5 Å². The number of hydrogen-bond acceptors (Lipinski definition) is 7. The van der Waals surface area contributed by atoms with E-state index < -0.39 is 35.3 Å². The number of tetrazole rings is 1. The molecule has 2 aromatic heterocycles. The fraction of sp³-hybridized carbons (Fsp3) is 0.188. The van der Waals surface area contributed by atoms with Gasteiger partial charge < -0.3 is 10.1 Å². The summed E-state index contributed by atoms with van der Waals surface area (Å²) >= 11 is 1.47. The highest BCUT2D eigenvalue weighted by molar-refractivity contribution is 7.08. The lowest BCUT2D eigenvalue weighted by Gasteiger charge is -2.14.